The van der Waals surface area contributed by atoms with Gasteiger partial charge in [0, 0.05) is 19.1 Å². The van der Waals surface area contributed by atoms with Gasteiger partial charge in [0.05, 0.1) is 6.42 Å². The van der Waals surface area contributed by atoms with E-state index < -0.39 is 11.5 Å². The van der Waals surface area contributed by atoms with Crippen molar-refractivity contribution < 1.29 is 19.7 Å². The van der Waals surface area contributed by atoms with Crippen LogP contribution in [-0.2, 0) is 9.53 Å². The lowest BCUT2D eigenvalue weighted by Gasteiger charge is -2.20. The molecule has 0 rings (SSSR count). The van der Waals surface area contributed by atoms with Gasteiger partial charge < -0.3 is 14.9 Å². The summed E-state index contributed by atoms with van der Waals surface area (Å²) in [4.78, 5) is 11.1. The van der Waals surface area contributed by atoms with Crippen LogP contribution < -0.4 is 0 Å². The zero-order chi connectivity index (χ0) is 10.5. The van der Waals surface area contributed by atoms with Gasteiger partial charge in [-0.3, -0.25) is 4.79 Å². The molecule has 0 amide bonds. The number of carbonyl (C=O) groups is 1. The molecule has 0 fully saturated rings. The maximum absolute atomic E-state index is 11.1. The van der Waals surface area contributed by atoms with Crippen LogP contribution in [0.3, 0.4) is 0 Å². The van der Waals surface area contributed by atoms with E-state index in [9.17, 15) is 4.79 Å². The monoisotopic (exact) mass is 190 g/mol. The fourth-order valence-electron chi connectivity index (χ4n) is 0.806. The molecule has 0 saturated carbocycles. The summed E-state index contributed by atoms with van der Waals surface area (Å²) >= 11 is 0. The predicted octanol–water partition coefficient (Wildman–Crippen LogP) is 0.319. The molecule has 0 radical (unpaired) electrons. The Labute approximate surface area is 78.5 Å². The minimum absolute atomic E-state index is 0.0598. The average Bonchev–Trinajstić information content (AvgIpc) is 1.96. The van der Waals surface area contributed by atoms with E-state index in [4.69, 9.17) is 14.9 Å². The minimum Gasteiger partial charge on any atom is -0.460 e. The average molecular weight is 190 g/mol. The van der Waals surface area contributed by atoms with E-state index in [1.165, 1.54) is 0 Å². The van der Waals surface area contributed by atoms with Gasteiger partial charge in [-0.1, -0.05) is 0 Å². The molecule has 0 aromatic carbocycles. The van der Waals surface area contributed by atoms with Crippen molar-refractivity contribution in [1.29, 1.82) is 0 Å². The van der Waals surface area contributed by atoms with Crippen LogP contribution in [-0.4, -0.2) is 35.0 Å². The van der Waals surface area contributed by atoms with E-state index in [0.29, 0.717) is 0 Å². The molecular formula is C9H18O4. The summed E-state index contributed by atoms with van der Waals surface area (Å²) in [7, 11) is 0. The highest BCUT2D eigenvalue weighted by Crippen LogP contribution is 2.11. The maximum Gasteiger partial charge on any atom is 0.306 e. The molecule has 0 aromatic rings. The van der Waals surface area contributed by atoms with Crippen LogP contribution in [0.25, 0.3) is 0 Å². The number of hydrogen-bond donors (Lipinski definition) is 2. The number of aliphatic hydroxyl groups is 2. The van der Waals surface area contributed by atoms with E-state index >= 15 is 0 Å². The smallest absolute Gasteiger partial charge is 0.306 e. The Morgan fingerprint density at radius 1 is 1.31 bits per heavy atom. The summed E-state index contributed by atoms with van der Waals surface area (Å²) < 4.78 is 5.01. The van der Waals surface area contributed by atoms with Crippen molar-refractivity contribution in [3.8, 4) is 0 Å². The molecule has 4 heteroatoms. The van der Waals surface area contributed by atoms with Gasteiger partial charge in [-0.15, -0.1) is 0 Å². The first-order chi connectivity index (χ1) is 5.89. The Hall–Kier alpha value is -0.610. The van der Waals surface area contributed by atoms with Crippen LogP contribution in [0.15, 0.2) is 0 Å². The highest BCUT2D eigenvalue weighted by molar-refractivity contribution is 5.70. The molecule has 0 saturated heterocycles. The van der Waals surface area contributed by atoms with Crippen molar-refractivity contribution in [2.24, 2.45) is 5.92 Å². The molecule has 0 aliphatic rings. The van der Waals surface area contributed by atoms with Gasteiger partial charge in [0.1, 0.15) is 5.60 Å². The normalized spacial score (nSPS) is 11.8. The number of carbonyl (C=O) groups excluding carboxylic acids is 1. The van der Waals surface area contributed by atoms with Crippen molar-refractivity contribution in [2.75, 3.05) is 13.2 Å². The Bertz CT molecular complexity index is 155. The molecule has 0 spiro atoms. The zero-order valence-electron chi connectivity index (χ0n) is 8.41. The first-order valence-corrected chi connectivity index (χ1v) is 4.32. The number of ether oxygens (including phenoxy) is 1. The molecule has 0 aromatic heterocycles. The van der Waals surface area contributed by atoms with E-state index in [2.05, 4.69) is 0 Å². The van der Waals surface area contributed by atoms with Crippen LogP contribution in [0.1, 0.15) is 27.2 Å². The number of hydrogen-bond acceptors (Lipinski definition) is 4. The lowest BCUT2D eigenvalue weighted by Crippen LogP contribution is -2.26. The van der Waals surface area contributed by atoms with Gasteiger partial charge in [0.25, 0.3) is 0 Å². The van der Waals surface area contributed by atoms with Gasteiger partial charge >= 0.3 is 5.97 Å². The first-order valence-electron chi connectivity index (χ1n) is 4.32. The highest BCUT2D eigenvalue weighted by atomic mass is 16.6. The molecule has 0 atom stereocenters. The third-order valence-electron chi connectivity index (χ3n) is 1.39. The summed E-state index contributed by atoms with van der Waals surface area (Å²) in [6.07, 6.45) is 0.0598. The molecule has 4 nitrogen and oxygen atoms in total. The second-order valence-electron chi connectivity index (χ2n) is 4.02. The molecule has 0 heterocycles. The number of esters is 1. The number of aliphatic hydroxyl groups excluding tert-OH is 2. The SMILES string of the molecule is CC(C)(C)OC(=O)CC(CO)CO. The third kappa shape index (κ3) is 6.54. The quantitative estimate of drug-likeness (QED) is 0.626. The van der Waals surface area contributed by atoms with Crippen LogP contribution in [0.2, 0.25) is 0 Å². The summed E-state index contributed by atoms with van der Waals surface area (Å²) in [5, 5.41) is 17.4. The summed E-state index contributed by atoms with van der Waals surface area (Å²) in [6, 6.07) is 0. The topological polar surface area (TPSA) is 66.8 Å². The summed E-state index contributed by atoms with van der Waals surface area (Å²) in [5.41, 5.74) is -0.507. The van der Waals surface area contributed by atoms with Crippen molar-refractivity contribution in [1.82, 2.24) is 0 Å². The Morgan fingerprint density at radius 2 is 1.77 bits per heavy atom. The third-order valence-corrected chi connectivity index (χ3v) is 1.39. The molecular weight excluding hydrogens is 172 g/mol. The molecule has 0 aliphatic carbocycles. The molecule has 2 N–H and O–H groups in total. The second-order valence-corrected chi connectivity index (χ2v) is 4.02. The molecule has 0 aliphatic heterocycles. The largest absolute Gasteiger partial charge is 0.460 e. The Morgan fingerprint density at radius 3 is 2.08 bits per heavy atom. The standard InChI is InChI=1S/C9H18O4/c1-9(2,3)13-8(12)4-7(5-10)6-11/h7,10-11H,4-6H2,1-3H3. The van der Waals surface area contributed by atoms with E-state index in [1.54, 1.807) is 20.8 Å². The van der Waals surface area contributed by atoms with Crippen LogP contribution in [0.5, 0.6) is 0 Å². The predicted molar refractivity (Wildman–Crippen MR) is 48.1 cm³/mol. The second kappa shape index (κ2) is 5.19. The van der Waals surface area contributed by atoms with Crippen molar-refractivity contribution in [2.45, 2.75) is 32.8 Å². The fourth-order valence-corrected chi connectivity index (χ4v) is 0.806. The Balaban J connectivity index is 3.86. The molecule has 0 bridgehead atoms. The van der Waals surface area contributed by atoms with Crippen LogP contribution in [0, 0.1) is 5.92 Å². The lowest BCUT2D eigenvalue weighted by molar-refractivity contribution is -0.156. The van der Waals surface area contributed by atoms with Crippen molar-refractivity contribution in [3.05, 3.63) is 0 Å². The van der Waals surface area contributed by atoms with Crippen LogP contribution >= 0.6 is 0 Å². The van der Waals surface area contributed by atoms with Gasteiger partial charge in [0.15, 0.2) is 0 Å². The van der Waals surface area contributed by atoms with E-state index in [-0.39, 0.29) is 25.6 Å². The van der Waals surface area contributed by atoms with Crippen LogP contribution in [0.4, 0.5) is 0 Å². The van der Waals surface area contributed by atoms with E-state index in [0.717, 1.165) is 0 Å². The van der Waals surface area contributed by atoms with E-state index in [1.807, 2.05) is 0 Å². The van der Waals surface area contributed by atoms with Crippen molar-refractivity contribution >= 4 is 5.97 Å². The molecule has 0 unspecified atom stereocenters. The summed E-state index contributed by atoms with van der Waals surface area (Å²) in [5.74, 6) is -0.796. The zero-order valence-corrected chi connectivity index (χ0v) is 8.41. The van der Waals surface area contributed by atoms with Gasteiger partial charge in [-0.05, 0) is 20.8 Å². The highest BCUT2D eigenvalue weighted by Gasteiger charge is 2.19. The van der Waals surface area contributed by atoms with Gasteiger partial charge in [-0.2, -0.15) is 0 Å². The fraction of sp³-hybridized carbons (Fsp3) is 0.889. The van der Waals surface area contributed by atoms with Crippen molar-refractivity contribution in [3.63, 3.8) is 0 Å². The molecule has 13 heavy (non-hydrogen) atoms. The van der Waals surface area contributed by atoms with Gasteiger partial charge in [0.2, 0.25) is 0 Å². The maximum atomic E-state index is 11.1. The Kier molecular flexibility index (Phi) is 4.95. The summed E-state index contributed by atoms with van der Waals surface area (Å²) in [6.45, 7) is 4.93. The minimum atomic E-state index is -0.507. The molecule has 78 valence electrons. The first kappa shape index (κ1) is 12.4. The van der Waals surface area contributed by atoms with Gasteiger partial charge in [-0.25, -0.2) is 0 Å². The number of rotatable bonds is 4. The lowest BCUT2D eigenvalue weighted by atomic mass is 10.1.